The predicted octanol–water partition coefficient (Wildman–Crippen LogP) is 1.66. The first kappa shape index (κ1) is 14.0. The first-order valence-corrected chi connectivity index (χ1v) is 8.44. The summed E-state index contributed by atoms with van der Waals surface area (Å²) in [6, 6.07) is 4.09. The van der Waals surface area contributed by atoms with Gasteiger partial charge >= 0.3 is 0 Å². The van der Waals surface area contributed by atoms with Crippen LogP contribution in [0.4, 0.5) is 0 Å². The Kier molecular flexibility index (Phi) is 2.79. The van der Waals surface area contributed by atoms with E-state index in [0.29, 0.717) is 5.76 Å². The van der Waals surface area contributed by atoms with Crippen molar-refractivity contribution in [3.8, 4) is 11.5 Å². The molecule has 122 valence electrons. The number of aliphatic hydroxyl groups excluding tert-OH is 1. The van der Waals surface area contributed by atoms with Crippen molar-refractivity contribution in [2.45, 2.75) is 29.7 Å². The van der Waals surface area contributed by atoms with Crippen molar-refractivity contribution in [2.24, 2.45) is 0 Å². The largest absolute Gasteiger partial charge is 0.498 e. The molecule has 1 aromatic carbocycles. The van der Waals surface area contributed by atoms with Crippen molar-refractivity contribution in [3.05, 3.63) is 34.6 Å². The van der Waals surface area contributed by atoms with Gasteiger partial charge in [0.15, 0.2) is 11.5 Å². The molecule has 0 amide bonds. The second-order valence-electron chi connectivity index (χ2n) is 6.59. The molecular formula is C17H19NO4S. The number of thiol groups is 1. The molecule has 1 aromatic rings. The molecule has 0 saturated carbocycles. The number of hydrogen-bond donors (Lipinski definition) is 2. The fourth-order valence-corrected chi connectivity index (χ4v) is 5.41. The lowest BCUT2D eigenvalue weighted by Gasteiger charge is -2.37. The van der Waals surface area contributed by atoms with E-state index >= 15 is 0 Å². The molecule has 4 aliphatic rings. The Labute approximate surface area is 140 Å². The summed E-state index contributed by atoms with van der Waals surface area (Å²) in [7, 11) is 1.64. The van der Waals surface area contributed by atoms with Crippen LogP contribution in [0, 0.1) is 0 Å². The van der Waals surface area contributed by atoms with E-state index in [0.717, 1.165) is 48.6 Å². The molecule has 0 bridgehead atoms. The van der Waals surface area contributed by atoms with Crippen molar-refractivity contribution in [2.75, 3.05) is 27.0 Å². The third-order valence-corrected chi connectivity index (χ3v) is 6.54. The van der Waals surface area contributed by atoms with E-state index in [-0.39, 0.29) is 12.7 Å². The first-order valence-electron chi connectivity index (χ1n) is 8.00. The molecule has 3 atom stereocenters. The maximum absolute atomic E-state index is 11.0. The summed E-state index contributed by atoms with van der Waals surface area (Å²) in [5, 5.41) is 11.0. The van der Waals surface area contributed by atoms with E-state index in [2.05, 4.69) is 11.0 Å². The first-order chi connectivity index (χ1) is 11.1. The van der Waals surface area contributed by atoms with E-state index in [1.165, 1.54) is 5.56 Å². The third-order valence-electron chi connectivity index (χ3n) is 5.71. The van der Waals surface area contributed by atoms with Gasteiger partial charge in [0.2, 0.25) is 6.79 Å². The lowest BCUT2D eigenvalue weighted by Crippen LogP contribution is -2.44. The van der Waals surface area contributed by atoms with Crippen LogP contribution in [0.2, 0.25) is 0 Å². The van der Waals surface area contributed by atoms with Gasteiger partial charge in [0.25, 0.3) is 0 Å². The quantitative estimate of drug-likeness (QED) is 0.766. The zero-order valence-corrected chi connectivity index (χ0v) is 13.8. The lowest BCUT2D eigenvalue weighted by atomic mass is 9.86. The number of hydrogen-bond acceptors (Lipinski definition) is 6. The summed E-state index contributed by atoms with van der Waals surface area (Å²) in [6.07, 6.45) is 1.15. The maximum Gasteiger partial charge on any atom is 0.231 e. The van der Waals surface area contributed by atoms with Gasteiger partial charge in [-0.2, -0.15) is 12.6 Å². The van der Waals surface area contributed by atoms with Gasteiger partial charge in [-0.25, -0.2) is 0 Å². The number of nitrogens with zero attached hydrogens (tertiary/aromatic N) is 1. The number of methoxy groups -OCH3 is 1. The lowest BCUT2D eigenvalue weighted by molar-refractivity contribution is 0.0956. The molecule has 0 radical (unpaired) electrons. The molecule has 6 heteroatoms. The minimum absolute atomic E-state index is 0.148. The highest BCUT2D eigenvalue weighted by Gasteiger charge is 2.60. The molecular weight excluding hydrogens is 314 g/mol. The number of ether oxygens (including phenoxy) is 3. The Morgan fingerprint density at radius 3 is 2.78 bits per heavy atom. The molecule has 1 aliphatic carbocycles. The zero-order valence-electron chi connectivity index (χ0n) is 12.9. The van der Waals surface area contributed by atoms with Gasteiger partial charge in [0.05, 0.1) is 12.0 Å². The summed E-state index contributed by atoms with van der Waals surface area (Å²) < 4.78 is 16.6. The van der Waals surface area contributed by atoms with Crippen LogP contribution >= 0.6 is 12.6 Å². The van der Waals surface area contributed by atoms with Gasteiger partial charge in [0, 0.05) is 24.6 Å². The van der Waals surface area contributed by atoms with Crippen molar-refractivity contribution in [1.82, 2.24) is 4.90 Å². The van der Waals surface area contributed by atoms with E-state index < -0.39 is 11.0 Å². The Bertz CT molecular complexity index is 734. The fourth-order valence-electron chi connectivity index (χ4n) is 4.71. The third kappa shape index (κ3) is 1.61. The van der Waals surface area contributed by atoms with Crippen LogP contribution in [0.15, 0.2) is 23.5 Å². The van der Waals surface area contributed by atoms with E-state index in [9.17, 15) is 5.11 Å². The molecule has 0 aromatic heterocycles. The summed E-state index contributed by atoms with van der Waals surface area (Å²) in [5.74, 6) is 2.10. The highest BCUT2D eigenvalue weighted by Crippen LogP contribution is 2.59. The van der Waals surface area contributed by atoms with Crippen LogP contribution in [0.5, 0.6) is 11.5 Å². The summed E-state index contributed by atoms with van der Waals surface area (Å²) in [6.45, 7) is 2.13. The average Bonchev–Trinajstić information content (AvgIpc) is 3.13. The fraction of sp³-hybridized carbons (Fsp3) is 0.529. The van der Waals surface area contributed by atoms with Crippen LogP contribution in [-0.2, 0) is 11.2 Å². The van der Waals surface area contributed by atoms with Gasteiger partial charge in [-0.05, 0) is 36.1 Å². The van der Waals surface area contributed by atoms with Crippen molar-refractivity contribution >= 4 is 12.6 Å². The van der Waals surface area contributed by atoms with Crippen LogP contribution in [0.3, 0.4) is 0 Å². The molecule has 23 heavy (non-hydrogen) atoms. The summed E-state index contributed by atoms with van der Waals surface area (Å²) >= 11 is 5.09. The molecule has 5 rings (SSSR count). The van der Waals surface area contributed by atoms with Crippen molar-refractivity contribution < 1.29 is 19.3 Å². The zero-order chi connectivity index (χ0) is 15.8. The Morgan fingerprint density at radius 2 is 2.00 bits per heavy atom. The predicted molar refractivity (Wildman–Crippen MR) is 87.0 cm³/mol. The van der Waals surface area contributed by atoms with E-state index in [4.69, 9.17) is 26.8 Å². The summed E-state index contributed by atoms with van der Waals surface area (Å²) in [5.41, 5.74) is 3.44. The Balaban J connectivity index is 1.73. The Hall–Kier alpha value is -1.37. The van der Waals surface area contributed by atoms with Gasteiger partial charge in [0.1, 0.15) is 11.9 Å². The second-order valence-corrected chi connectivity index (χ2v) is 7.27. The molecule has 0 unspecified atom stereocenters. The number of aliphatic hydroxyl groups is 1. The minimum atomic E-state index is -0.674. The average molecular weight is 333 g/mol. The Morgan fingerprint density at radius 1 is 1.26 bits per heavy atom. The van der Waals surface area contributed by atoms with Gasteiger partial charge in [-0.1, -0.05) is 0 Å². The number of rotatable bonds is 1. The molecule has 1 N–H and O–H groups in total. The second kappa shape index (κ2) is 4.59. The normalized spacial score (nSPS) is 34.4. The van der Waals surface area contributed by atoms with E-state index in [1.54, 1.807) is 7.11 Å². The van der Waals surface area contributed by atoms with Crippen LogP contribution in [-0.4, -0.2) is 48.0 Å². The molecule has 3 heterocycles. The van der Waals surface area contributed by atoms with Crippen molar-refractivity contribution in [1.29, 1.82) is 0 Å². The van der Waals surface area contributed by atoms with Crippen molar-refractivity contribution in [3.63, 3.8) is 0 Å². The van der Waals surface area contributed by atoms with Gasteiger partial charge in [-0.3, -0.25) is 4.90 Å². The van der Waals surface area contributed by atoms with Crippen LogP contribution in [0.1, 0.15) is 23.5 Å². The summed E-state index contributed by atoms with van der Waals surface area (Å²) in [4.78, 5) is 1.90. The maximum atomic E-state index is 11.0. The van der Waals surface area contributed by atoms with Crippen LogP contribution < -0.4 is 9.47 Å². The standard InChI is InChI=1S/C17H19NO4S/c1-20-16-11-3-5-18-4-2-9-6-12-13(22-8-21-12)7-10(9)14(15(16)19)17(11,18)23/h6-7,14-15,19,23H,2-5,8H2,1H3/t14-,15+,17-/m1/s1. The van der Waals surface area contributed by atoms with Gasteiger partial charge < -0.3 is 19.3 Å². The van der Waals surface area contributed by atoms with Crippen LogP contribution in [0.25, 0.3) is 0 Å². The molecule has 1 saturated heterocycles. The molecule has 3 aliphatic heterocycles. The molecule has 5 nitrogen and oxygen atoms in total. The van der Waals surface area contributed by atoms with E-state index in [1.807, 2.05) is 6.07 Å². The highest BCUT2D eigenvalue weighted by atomic mass is 32.1. The number of fused-ring (bicyclic) bond motifs is 3. The molecule has 0 spiro atoms. The SMILES string of the molecule is COC1=C2CCN3CCc4cc5c(cc4[C@H]([C@@H]1O)[C@]23S)OCO5. The highest BCUT2D eigenvalue weighted by molar-refractivity contribution is 7.82. The van der Waals surface area contributed by atoms with Gasteiger partial charge in [-0.15, -0.1) is 0 Å². The minimum Gasteiger partial charge on any atom is -0.498 e. The smallest absolute Gasteiger partial charge is 0.231 e. The number of benzene rings is 1. The topological polar surface area (TPSA) is 51.2 Å². The monoisotopic (exact) mass is 333 g/mol. The molecule has 1 fully saturated rings.